The summed E-state index contributed by atoms with van der Waals surface area (Å²) in [5, 5.41) is 0. The minimum absolute atomic E-state index is 0. The fourth-order valence-corrected chi connectivity index (χ4v) is 0. The van der Waals surface area contributed by atoms with Gasteiger partial charge in [-0.3, -0.25) is 0 Å². The van der Waals surface area contributed by atoms with Crippen LogP contribution in [0.5, 0.6) is 0 Å². The molecule has 0 saturated carbocycles. The highest BCUT2D eigenvalue weighted by Crippen LogP contribution is 1.67. The van der Waals surface area contributed by atoms with E-state index in [9.17, 15) is 0 Å². The van der Waals surface area contributed by atoms with Crippen molar-refractivity contribution >= 4 is 32.1 Å². The van der Waals surface area contributed by atoms with Crippen molar-refractivity contribution in [2.24, 2.45) is 0 Å². The van der Waals surface area contributed by atoms with Crippen LogP contribution in [-0.2, 0) is 0 Å². The Kier molecular flexibility index (Phi) is 11.0. The minimum Gasteiger partial charge on any atom is -0.412 e. The lowest BCUT2D eigenvalue weighted by atomic mass is 15.7. The summed E-state index contributed by atoms with van der Waals surface area (Å²) in [6.07, 6.45) is 0. The fraction of sp³-hybridized carbons (Fsp3) is 0. The highest BCUT2D eigenvalue weighted by Gasteiger charge is 2.22. The summed E-state index contributed by atoms with van der Waals surface area (Å²) in [5.41, 5.74) is 0. The molecule has 0 saturated heterocycles. The van der Waals surface area contributed by atoms with Gasteiger partial charge in [0, 0.05) is 0 Å². The Hall–Kier alpha value is 0.783. The topological polar surface area (TPSA) is 112 Å². The highest BCUT2D eigenvalue weighted by atomic mass is 28.4. The lowest BCUT2D eigenvalue weighted by Gasteiger charge is -1.91. The third-order valence-electron chi connectivity index (χ3n) is 0. The van der Waals surface area contributed by atoms with Crippen molar-refractivity contribution < 1.29 is 24.7 Å². The van der Waals surface area contributed by atoms with Crippen LogP contribution in [0.4, 0.5) is 0 Å². The molecule has 0 aliphatic heterocycles. The molecule has 0 radical (unpaired) electrons. The first kappa shape index (κ1) is 15.7. The van der Waals surface area contributed by atoms with Crippen LogP contribution in [0, 0.1) is 0 Å². The van der Waals surface area contributed by atoms with Crippen molar-refractivity contribution in [2.45, 2.75) is 0 Å². The van der Waals surface area contributed by atoms with Crippen molar-refractivity contribution in [2.75, 3.05) is 0 Å². The summed E-state index contributed by atoms with van der Waals surface area (Å²) in [6, 6.07) is 0. The van der Waals surface area contributed by atoms with Gasteiger partial charge in [-0.05, 0) is 0 Å². The second-order valence-corrected chi connectivity index (χ2v) is 1.80. The smallest absolute Gasteiger partial charge is 0.412 e. The maximum atomic E-state index is 7.33. The van der Waals surface area contributed by atoms with Gasteiger partial charge in [-0.1, -0.05) is 0 Å². The Bertz CT molecular complexity index is 23.6. The summed E-state index contributed by atoms with van der Waals surface area (Å²) >= 11 is 0. The third-order valence-corrected chi connectivity index (χ3v) is 0. The predicted molar refractivity (Wildman–Crippen MR) is 26.8 cm³/mol. The molecule has 0 aliphatic carbocycles. The summed E-state index contributed by atoms with van der Waals surface area (Å²) in [6.45, 7) is 0. The van der Waals surface area contributed by atoms with E-state index in [0.717, 1.165) is 0 Å². The van der Waals surface area contributed by atoms with Crippen molar-refractivity contribution in [1.29, 1.82) is 0 Å². The zero-order valence-electron chi connectivity index (χ0n) is 2.79. The maximum Gasteiger partial charge on any atom is 0.668 e. The standard InChI is InChI=1S/Mg.H4O4Si.H2O.2H/c;1-5(2,3)4;;;/h;1-4H;1H2;;. The third kappa shape index (κ3) is 253. The van der Waals surface area contributed by atoms with Crippen molar-refractivity contribution in [3.63, 3.8) is 0 Å². The van der Waals surface area contributed by atoms with Gasteiger partial charge in [0.15, 0.2) is 0 Å². The van der Waals surface area contributed by atoms with E-state index in [1.54, 1.807) is 0 Å². The lowest BCUT2D eigenvalue weighted by molar-refractivity contribution is 0.117. The first-order valence-corrected chi connectivity index (χ1v) is 2.68. The Morgan fingerprint density at radius 1 is 0.857 bits per heavy atom. The molecule has 0 bridgehead atoms. The van der Waals surface area contributed by atoms with E-state index in [-0.39, 0.29) is 28.5 Å². The zero-order valence-corrected chi connectivity index (χ0v) is 3.79. The van der Waals surface area contributed by atoms with E-state index in [1.807, 2.05) is 0 Å². The van der Waals surface area contributed by atoms with E-state index in [4.69, 9.17) is 19.2 Å². The van der Waals surface area contributed by atoms with Crippen LogP contribution < -0.4 is 0 Å². The molecule has 7 heavy (non-hydrogen) atoms. The molecule has 0 rings (SSSR count). The van der Waals surface area contributed by atoms with Gasteiger partial charge in [0.05, 0.1) is 0 Å². The van der Waals surface area contributed by atoms with Gasteiger partial charge in [0.2, 0.25) is 0 Å². The molecule has 0 amide bonds. The molecule has 0 fully saturated rings. The molecule has 0 atom stereocenters. The van der Waals surface area contributed by atoms with Gasteiger partial charge in [-0.25, -0.2) is 0 Å². The molecular formula is H8MgO5Si. The maximum absolute atomic E-state index is 7.33. The van der Waals surface area contributed by atoms with Gasteiger partial charge in [0.1, 0.15) is 0 Å². The molecule has 0 aromatic carbocycles. The molecule has 5 nitrogen and oxygen atoms in total. The Balaban J connectivity index is -0.0000000800. The number of rotatable bonds is 0. The molecule has 0 aromatic heterocycles. The Labute approximate surface area is 57.2 Å². The fourth-order valence-electron chi connectivity index (χ4n) is 0. The van der Waals surface area contributed by atoms with Crippen molar-refractivity contribution in [1.82, 2.24) is 0 Å². The number of hydrogen-bond donors (Lipinski definition) is 4. The van der Waals surface area contributed by atoms with Gasteiger partial charge in [0.25, 0.3) is 0 Å². The van der Waals surface area contributed by atoms with E-state index < -0.39 is 9.05 Å². The molecule has 6 N–H and O–H groups in total. The molecule has 0 spiro atoms. The quantitative estimate of drug-likeness (QED) is 0.255. The van der Waals surface area contributed by atoms with Gasteiger partial charge < -0.3 is 24.7 Å². The SMILES string of the molecule is O.O[Si](O)(O)O.[MgH2]. The molecule has 7 heteroatoms. The van der Waals surface area contributed by atoms with E-state index in [0.29, 0.717) is 0 Å². The largest absolute Gasteiger partial charge is 0.668 e. The number of hydrogen-bond acceptors (Lipinski definition) is 4. The van der Waals surface area contributed by atoms with Gasteiger partial charge in [-0.15, -0.1) is 0 Å². The van der Waals surface area contributed by atoms with E-state index >= 15 is 0 Å². The van der Waals surface area contributed by atoms with Crippen LogP contribution in [0.25, 0.3) is 0 Å². The monoisotopic (exact) mass is 140 g/mol. The van der Waals surface area contributed by atoms with Gasteiger partial charge >= 0.3 is 32.1 Å². The molecule has 0 aromatic rings. The minimum atomic E-state index is -4.61. The van der Waals surface area contributed by atoms with Crippen molar-refractivity contribution in [3.8, 4) is 0 Å². The van der Waals surface area contributed by atoms with Crippen molar-refractivity contribution in [3.05, 3.63) is 0 Å². The Morgan fingerprint density at radius 3 is 0.857 bits per heavy atom. The van der Waals surface area contributed by atoms with E-state index in [2.05, 4.69) is 0 Å². The Morgan fingerprint density at radius 2 is 0.857 bits per heavy atom. The summed E-state index contributed by atoms with van der Waals surface area (Å²) < 4.78 is 0. The summed E-state index contributed by atoms with van der Waals surface area (Å²) in [4.78, 5) is 29.3. The molecular weight excluding hydrogens is 132 g/mol. The average Bonchev–Trinajstić information content (AvgIpc) is 0.722. The first-order valence-electron chi connectivity index (χ1n) is 0.894. The second-order valence-electron chi connectivity index (χ2n) is 0.600. The summed E-state index contributed by atoms with van der Waals surface area (Å²) in [5.74, 6) is 0. The molecule has 0 unspecified atom stereocenters. The van der Waals surface area contributed by atoms with Crippen LogP contribution >= 0.6 is 0 Å². The zero-order chi connectivity index (χ0) is 4.50. The van der Waals surface area contributed by atoms with Crippen LogP contribution in [0.15, 0.2) is 0 Å². The van der Waals surface area contributed by atoms with E-state index in [1.165, 1.54) is 0 Å². The normalized spacial score (nSPS) is 8.57. The molecule has 44 valence electrons. The second kappa shape index (κ2) is 4.93. The summed E-state index contributed by atoms with van der Waals surface area (Å²) in [7, 11) is -4.61. The van der Waals surface area contributed by atoms with Crippen LogP contribution in [0.2, 0.25) is 0 Å². The molecule has 0 aliphatic rings. The highest BCUT2D eigenvalue weighted by molar-refractivity contribution is 6.46. The van der Waals surface area contributed by atoms with Crippen LogP contribution in [-0.4, -0.2) is 56.8 Å². The van der Waals surface area contributed by atoms with Crippen LogP contribution in [0.3, 0.4) is 0 Å². The average molecular weight is 140 g/mol. The van der Waals surface area contributed by atoms with Gasteiger partial charge in [-0.2, -0.15) is 0 Å². The lowest BCUT2D eigenvalue weighted by Crippen LogP contribution is -2.33. The molecule has 0 heterocycles. The first-order chi connectivity index (χ1) is 2.00. The predicted octanol–water partition coefficient (Wildman–Crippen LogP) is -4.35. The van der Waals surface area contributed by atoms with Crippen LogP contribution in [0.1, 0.15) is 0 Å².